The number of nitrogens with one attached hydrogen (secondary N) is 2. The normalized spacial score (nSPS) is 10.0. The molecule has 22 heavy (non-hydrogen) atoms. The minimum absolute atomic E-state index is 0.00604. The van der Waals surface area contributed by atoms with Crippen molar-refractivity contribution in [3.63, 3.8) is 0 Å². The van der Waals surface area contributed by atoms with E-state index in [0.29, 0.717) is 29.4 Å². The molecule has 0 unspecified atom stereocenters. The van der Waals surface area contributed by atoms with Crippen LogP contribution in [-0.4, -0.2) is 23.9 Å². The largest absolute Gasteiger partial charge is 0.378 e. The van der Waals surface area contributed by atoms with Crippen LogP contribution in [0.2, 0.25) is 5.02 Å². The molecule has 2 aromatic carbocycles. The summed E-state index contributed by atoms with van der Waals surface area (Å²) < 4.78 is 0. The van der Waals surface area contributed by atoms with Gasteiger partial charge in [0, 0.05) is 29.7 Å². The Kier molecular flexibility index (Phi) is 5.32. The summed E-state index contributed by atoms with van der Waals surface area (Å²) in [6.45, 7) is 0.720. The van der Waals surface area contributed by atoms with Crippen molar-refractivity contribution in [1.29, 1.82) is 0 Å². The van der Waals surface area contributed by atoms with Crippen molar-refractivity contribution in [2.24, 2.45) is 0 Å². The summed E-state index contributed by atoms with van der Waals surface area (Å²) in [5, 5.41) is 17.1. The van der Waals surface area contributed by atoms with Crippen LogP contribution in [0.3, 0.4) is 0 Å². The first-order valence-corrected chi connectivity index (χ1v) is 6.97. The average Bonchev–Trinajstić information content (AvgIpc) is 2.52. The molecule has 0 saturated carbocycles. The third kappa shape index (κ3) is 4.20. The predicted molar refractivity (Wildman–Crippen MR) is 85.4 cm³/mol. The van der Waals surface area contributed by atoms with Crippen LogP contribution < -0.4 is 10.6 Å². The van der Waals surface area contributed by atoms with Gasteiger partial charge in [0.1, 0.15) is 5.69 Å². The molecule has 0 atom stereocenters. The summed E-state index contributed by atoms with van der Waals surface area (Å²) in [7, 11) is 0. The summed E-state index contributed by atoms with van der Waals surface area (Å²) in [6.07, 6.45) is 0. The first-order chi connectivity index (χ1) is 10.6. The molecule has 2 N–H and O–H groups in total. The zero-order chi connectivity index (χ0) is 15.9. The van der Waals surface area contributed by atoms with E-state index in [4.69, 9.17) is 11.6 Å². The standard InChI is InChI=1S/C15H14ClN3O3/c16-12-7-5-11(6-8-12)15(20)18-10-9-17-13-3-1-2-4-14(13)19(21)22/h1-8,17H,9-10H2,(H,18,20). The van der Waals surface area contributed by atoms with Gasteiger partial charge in [-0.3, -0.25) is 14.9 Å². The molecule has 0 fully saturated rings. The Morgan fingerprint density at radius 1 is 1.09 bits per heavy atom. The van der Waals surface area contributed by atoms with Gasteiger partial charge in [-0.1, -0.05) is 23.7 Å². The highest BCUT2D eigenvalue weighted by Crippen LogP contribution is 2.22. The van der Waals surface area contributed by atoms with E-state index in [0.717, 1.165) is 0 Å². The van der Waals surface area contributed by atoms with Crippen LogP contribution in [0.1, 0.15) is 10.4 Å². The minimum atomic E-state index is -0.450. The Labute approximate surface area is 132 Å². The van der Waals surface area contributed by atoms with Crippen LogP contribution in [0.4, 0.5) is 11.4 Å². The number of anilines is 1. The molecule has 0 radical (unpaired) electrons. The summed E-state index contributed by atoms with van der Waals surface area (Å²) in [6, 6.07) is 12.9. The van der Waals surface area contributed by atoms with E-state index >= 15 is 0 Å². The Bertz CT molecular complexity index is 674. The number of para-hydroxylation sites is 2. The second-order valence-electron chi connectivity index (χ2n) is 4.46. The molecule has 0 aliphatic rings. The molecule has 0 aliphatic heterocycles. The van der Waals surface area contributed by atoms with E-state index in [1.807, 2.05) is 0 Å². The number of halogens is 1. The van der Waals surface area contributed by atoms with E-state index in [-0.39, 0.29) is 11.6 Å². The SMILES string of the molecule is O=C(NCCNc1ccccc1[N+](=O)[O-])c1ccc(Cl)cc1. The molecule has 114 valence electrons. The molecule has 2 rings (SSSR count). The Balaban J connectivity index is 1.83. The second-order valence-corrected chi connectivity index (χ2v) is 4.90. The van der Waals surface area contributed by atoms with Gasteiger partial charge < -0.3 is 10.6 Å². The molecular weight excluding hydrogens is 306 g/mol. The third-order valence-corrected chi connectivity index (χ3v) is 3.19. The van der Waals surface area contributed by atoms with Crippen molar-refractivity contribution in [2.75, 3.05) is 18.4 Å². The number of rotatable bonds is 6. The van der Waals surface area contributed by atoms with Gasteiger partial charge in [0.25, 0.3) is 11.6 Å². The van der Waals surface area contributed by atoms with E-state index in [1.165, 1.54) is 6.07 Å². The van der Waals surface area contributed by atoms with Crippen LogP contribution >= 0.6 is 11.6 Å². The number of amides is 1. The molecule has 2 aromatic rings. The molecule has 0 aliphatic carbocycles. The highest BCUT2D eigenvalue weighted by molar-refractivity contribution is 6.30. The van der Waals surface area contributed by atoms with Crippen LogP contribution in [0.25, 0.3) is 0 Å². The maximum Gasteiger partial charge on any atom is 0.292 e. The van der Waals surface area contributed by atoms with E-state index in [9.17, 15) is 14.9 Å². The smallest absolute Gasteiger partial charge is 0.292 e. The lowest BCUT2D eigenvalue weighted by Gasteiger charge is -2.08. The molecule has 0 spiro atoms. The number of nitro groups is 1. The first-order valence-electron chi connectivity index (χ1n) is 6.59. The first kappa shape index (κ1) is 15.8. The summed E-state index contributed by atoms with van der Waals surface area (Å²) >= 11 is 5.75. The zero-order valence-corrected chi connectivity index (χ0v) is 12.3. The van der Waals surface area contributed by atoms with Gasteiger partial charge in [-0.25, -0.2) is 0 Å². The average molecular weight is 320 g/mol. The van der Waals surface area contributed by atoms with Crippen molar-refractivity contribution < 1.29 is 9.72 Å². The molecule has 7 heteroatoms. The lowest BCUT2D eigenvalue weighted by atomic mass is 10.2. The van der Waals surface area contributed by atoms with E-state index in [2.05, 4.69) is 10.6 Å². The fourth-order valence-electron chi connectivity index (χ4n) is 1.86. The molecule has 0 heterocycles. The van der Waals surface area contributed by atoms with Crippen molar-refractivity contribution in [1.82, 2.24) is 5.32 Å². The van der Waals surface area contributed by atoms with Gasteiger partial charge >= 0.3 is 0 Å². The molecule has 1 amide bonds. The van der Waals surface area contributed by atoms with Crippen LogP contribution in [0.15, 0.2) is 48.5 Å². The number of carbonyl (C=O) groups excluding carboxylic acids is 1. The topological polar surface area (TPSA) is 84.3 Å². The molecular formula is C15H14ClN3O3. The van der Waals surface area contributed by atoms with Crippen molar-refractivity contribution in [3.8, 4) is 0 Å². The highest BCUT2D eigenvalue weighted by atomic mass is 35.5. The Morgan fingerprint density at radius 3 is 2.45 bits per heavy atom. The zero-order valence-electron chi connectivity index (χ0n) is 11.6. The number of benzene rings is 2. The monoisotopic (exact) mass is 319 g/mol. The lowest BCUT2D eigenvalue weighted by molar-refractivity contribution is -0.384. The maximum atomic E-state index is 11.9. The fourth-order valence-corrected chi connectivity index (χ4v) is 1.98. The number of carbonyl (C=O) groups is 1. The lowest BCUT2D eigenvalue weighted by Crippen LogP contribution is -2.28. The summed E-state index contributed by atoms with van der Waals surface area (Å²) in [5.41, 5.74) is 0.940. The summed E-state index contributed by atoms with van der Waals surface area (Å²) in [4.78, 5) is 22.3. The fraction of sp³-hybridized carbons (Fsp3) is 0.133. The highest BCUT2D eigenvalue weighted by Gasteiger charge is 2.11. The molecule has 0 aromatic heterocycles. The van der Waals surface area contributed by atoms with E-state index < -0.39 is 4.92 Å². The van der Waals surface area contributed by atoms with Crippen LogP contribution in [0.5, 0.6) is 0 Å². The van der Waals surface area contributed by atoms with Crippen LogP contribution in [0, 0.1) is 10.1 Å². The van der Waals surface area contributed by atoms with Crippen molar-refractivity contribution >= 4 is 28.9 Å². The van der Waals surface area contributed by atoms with Crippen molar-refractivity contribution in [3.05, 3.63) is 69.2 Å². The minimum Gasteiger partial charge on any atom is -0.378 e. The van der Waals surface area contributed by atoms with Gasteiger partial charge in [0.2, 0.25) is 0 Å². The summed E-state index contributed by atoms with van der Waals surface area (Å²) in [5.74, 6) is -0.221. The molecule has 0 bridgehead atoms. The number of hydrogen-bond acceptors (Lipinski definition) is 4. The van der Waals surface area contributed by atoms with Gasteiger partial charge in [0.15, 0.2) is 0 Å². The predicted octanol–water partition coefficient (Wildman–Crippen LogP) is 3.09. The van der Waals surface area contributed by atoms with Crippen LogP contribution in [-0.2, 0) is 0 Å². The van der Waals surface area contributed by atoms with Crippen molar-refractivity contribution in [2.45, 2.75) is 0 Å². The number of hydrogen-bond donors (Lipinski definition) is 2. The number of nitro benzene ring substituents is 1. The Morgan fingerprint density at radius 2 is 1.77 bits per heavy atom. The Hall–Kier alpha value is -2.60. The van der Waals surface area contributed by atoms with E-state index in [1.54, 1.807) is 42.5 Å². The van der Waals surface area contributed by atoms with Gasteiger partial charge in [0.05, 0.1) is 4.92 Å². The maximum absolute atomic E-state index is 11.9. The van der Waals surface area contributed by atoms with Gasteiger partial charge in [-0.15, -0.1) is 0 Å². The quantitative estimate of drug-likeness (QED) is 0.487. The molecule has 6 nitrogen and oxygen atoms in total. The molecule has 0 saturated heterocycles. The number of nitrogens with zero attached hydrogens (tertiary/aromatic N) is 1. The van der Waals surface area contributed by atoms with Gasteiger partial charge in [-0.05, 0) is 30.3 Å². The second kappa shape index (κ2) is 7.42. The van der Waals surface area contributed by atoms with Gasteiger partial charge in [-0.2, -0.15) is 0 Å². The third-order valence-electron chi connectivity index (χ3n) is 2.93.